The molecule has 1 aromatic carbocycles. The standard InChI is InChI=1S/C24H17Cl2N5/c25-20-7-1-4-16(21(20)26)11-17-5-2-8-27-22(17)24-29-12-15(13-30-24)10-18-14-31-23-19(18)6-3-9-28-23/h1-9,12-14H,10-11H2,(H,28,31). The van der Waals surface area contributed by atoms with Crippen molar-refractivity contribution >= 4 is 34.2 Å². The zero-order chi connectivity index (χ0) is 21.2. The average molecular weight is 446 g/mol. The smallest absolute Gasteiger partial charge is 0.178 e. The monoisotopic (exact) mass is 445 g/mol. The molecule has 0 radical (unpaired) electrons. The summed E-state index contributed by atoms with van der Waals surface area (Å²) in [5, 5.41) is 2.21. The highest BCUT2D eigenvalue weighted by Crippen LogP contribution is 2.29. The minimum atomic E-state index is 0.540. The van der Waals surface area contributed by atoms with E-state index in [2.05, 4.69) is 31.0 Å². The number of aromatic nitrogens is 5. The van der Waals surface area contributed by atoms with Crippen LogP contribution in [-0.4, -0.2) is 24.9 Å². The Morgan fingerprint density at radius 2 is 1.52 bits per heavy atom. The molecule has 0 atom stereocenters. The second kappa shape index (κ2) is 8.46. The lowest BCUT2D eigenvalue weighted by molar-refractivity contribution is 1.05. The van der Waals surface area contributed by atoms with Crippen LogP contribution in [0.2, 0.25) is 10.0 Å². The number of halogens is 2. The zero-order valence-electron chi connectivity index (χ0n) is 16.4. The number of H-pyrrole nitrogens is 1. The van der Waals surface area contributed by atoms with Gasteiger partial charge in [-0.1, -0.05) is 41.4 Å². The van der Waals surface area contributed by atoms with Gasteiger partial charge in [-0.25, -0.2) is 15.0 Å². The van der Waals surface area contributed by atoms with Crippen molar-refractivity contribution in [1.29, 1.82) is 0 Å². The maximum atomic E-state index is 6.38. The van der Waals surface area contributed by atoms with E-state index >= 15 is 0 Å². The summed E-state index contributed by atoms with van der Waals surface area (Å²) in [7, 11) is 0. The number of nitrogens with one attached hydrogen (secondary N) is 1. The van der Waals surface area contributed by atoms with Crippen LogP contribution in [0.15, 0.2) is 73.4 Å². The summed E-state index contributed by atoms with van der Waals surface area (Å²) < 4.78 is 0. The van der Waals surface area contributed by atoms with Crippen molar-refractivity contribution in [1.82, 2.24) is 24.9 Å². The lowest BCUT2D eigenvalue weighted by atomic mass is 10.0. The molecule has 0 bridgehead atoms. The van der Waals surface area contributed by atoms with Crippen molar-refractivity contribution in [2.24, 2.45) is 0 Å². The van der Waals surface area contributed by atoms with Crippen LogP contribution in [0.4, 0.5) is 0 Å². The highest BCUT2D eigenvalue weighted by atomic mass is 35.5. The maximum absolute atomic E-state index is 6.38. The molecule has 4 aromatic heterocycles. The van der Waals surface area contributed by atoms with Crippen molar-refractivity contribution in [2.45, 2.75) is 12.8 Å². The Morgan fingerprint density at radius 3 is 2.39 bits per heavy atom. The summed E-state index contributed by atoms with van der Waals surface area (Å²) in [6, 6.07) is 13.5. The Kier molecular flexibility index (Phi) is 5.37. The third-order valence-corrected chi connectivity index (χ3v) is 6.01. The van der Waals surface area contributed by atoms with Gasteiger partial charge in [0.05, 0.1) is 10.0 Å². The highest BCUT2D eigenvalue weighted by Gasteiger charge is 2.13. The number of hydrogen-bond acceptors (Lipinski definition) is 4. The Bertz CT molecular complexity index is 1360. The first-order chi connectivity index (χ1) is 15.2. The van der Waals surface area contributed by atoms with E-state index in [0.717, 1.165) is 45.4 Å². The number of rotatable bonds is 5. The molecule has 1 N–H and O–H groups in total. The molecule has 0 spiro atoms. The van der Waals surface area contributed by atoms with Gasteiger partial charge >= 0.3 is 0 Å². The Labute approximate surface area is 189 Å². The highest BCUT2D eigenvalue weighted by molar-refractivity contribution is 6.42. The van der Waals surface area contributed by atoms with E-state index in [1.807, 2.05) is 48.9 Å². The predicted molar refractivity (Wildman–Crippen MR) is 123 cm³/mol. The molecule has 0 unspecified atom stereocenters. The fourth-order valence-corrected chi connectivity index (χ4v) is 4.01. The van der Waals surface area contributed by atoms with E-state index in [1.165, 1.54) is 0 Å². The molecule has 31 heavy (non-hydrogen) atoms. The Hall–Kier alpha value is -3.28. The van der Waals surface area contributed by atoms with Gasteiger partial charge in [-0.2, -0.15) is 0 Å². The van der Waals surface area contributed by atoms with Crippen molar-refractivity contribution < 1.29 is 0 Å². The van der Waals surface area contributed by atoms with E-state index in [9.17, 15) is 0 Å². The summed E-state index contributed by atoms with van der Waals surface area (Å²) >= 11 is 12.6. The molecule has 0 saturated heterocycles. The summed E-state index contributed by atoms with van der Waals surface area (Å²) in [6.45, 7) is 0. The fraction of sp³-hybridized carbons (Fsp3) is 0.0833. The zero-order valence-corrected chi connectivity index (χ0v) is 17.9. The first-order valence-electron chi connectivity index (χ1n) is 9.78. The van der Waals surface area contributed by atoms with Crippen LogP contribution in [0.3, 0.4) is 0 Å². The normalized spacial score (nSPS) is 11.2. The Balaban J connectivity index is 1.42. The molecular formula is C24H17Cl2N5. The number of fused-ring (bicyclic) bond motifs is 1. The van der Waals surface area contributed by atoms with E-state index < -0.39 is 0 Å². The Morgan fingerprint density at radius 1 is 0.742 bits per heavy atom. The van der Waals surface area contributed by atoms with Crippen LogP contribution in [0, 0.1) is 0 Å². The molecule has 0 aliphatic rings. The van der Waals surface area contributed by atoms with Crippen LogP contribution >= 0.6 is 23.2 Å². The van der Waals surface area contributed by atoms with Crippen LogP contribution in [0.25, 0.3) is 22.6 Å². The van der Waals surface area contributed by atoms with Crippen LogP contribution < -0.4 is 0 Å². The second-order valence-corrected chi connectivity index (χ2v) is 7.99. The molecule has 5 nitrogen and oxygen atoms in total. The first-order valence-corrected chi connectivity index (χ1v) is 10.5. The van der Waals surface area contributed by atoms with Gasteiger partial charge in [-0.3, -0.25) is 4.98 Å². The molecule has 4 heterocycles. The van der Waals surface area contributed by atoms with Gasteiger partial charge in [0, 0.05) is 49.2 Å². The molecule has 0 amide bonds. The SMILES string of the molecule is Clc1cccc(Cc2cccnc2-c2ncc(Cc3c[nH]c4ncccc34)cn2)c1Cl. The van der Waals surface area contributed by atoms with Gasteiger partial charge in [0.15, 0.2) is 5.82 Å². The number of benzene rings is 1. The van der Waals surface area contributed by atoms with Crippen molar-refractivity contribution in [2.75, 3.05) is 0 Å². The van der Waals surface area contributed by atoms with Gasteiger partial charge in [0.1, 0.15) is 11.3 Å². The third kappa shape index (κ3) is 4.02. The van der Waals surface area contributed by atoms with Crippen molar-refractivity contribution in [3.63, 3.8) is 0 Å². The summed E-state index contributed by atoms with van der Waals surface area (Å²) in [5.41, 5.74) is 5.72. The summed E-state index contributed by atoms with van der Waals surface area (Å²) in [5.74, 6) is 0.582. The largest absolute Gasteiger partial charge is 0.346 e. The third-order valence-electron chi connectivity index (χ3n) is 5.15. The number of hydrogen-bond donors (Lipinski definition) is 1. The summed E-state index contributed by atoms with van der Waals surface area (Å²) in [4.78, 5) is 21.3. The predicted octanol–water partition coefficient (Wildman–Crippen LogP) is 5.90. The fourth-order valence-electron chi connectivity index (χ4n) is 3.62. The maximum Gasteiger partial charge on any atom is 0.178 e. The van der Waals surface area contributed by atoms with E-state index in [0.29, 0.717) is 22.3 Å². The van der Waals surface area contributed by atoms with Gasteiger partial charge in [0.2, 0.25) is 0 Å². The quantitative estimate of drug-likeness (QED) is 0.365. The van der Waals surface area contributed by atoms with E-state index in [-0.39, 0.29) is 0 Å². The molecule has 0 aliphatic heterocycles. The number of aromatic amines is 1. The molecule has 7 heteroatoms. The van der Waals surface area contributed by atoms with E-state index in [1.54, 1.807) is 18.5 Å². The molecule has 5 aromatic rings. The molecule has 0 aliphatic carbocycles. The van der Waals surface area contributed by atoms with Gasteiger partial charge in [-0.15, -0.1) is 0 Å². The molecular weight excluding hydrogens is 429 g/mol. The number of pyridine rings is 2. The minimum Gasteiger partial charge on any atom is -0.346 e. The molecule has 0 fully saturated rings. The first kappa shape index (κ1) is 19.7. The lowest BCUT2D eigenvalue weighted by Crippen LogP contribution is -2.00. The van der Waals surface area contributed by atoms with Gasteiger partial charge in [0.25, 0.3) is 0 Å². The van der Waals surface area contributed by atoms with Gasteiger partial charge < -0.3 is 4.98 Å². The average Bonchev–Trinajstić information content (AvgIpc) is 3.21. The van der Waals surface area contributed by atoms with Gasteiger partial charge in [-0.05, 0) is 46.5 Å². The second-order valence-electron chi connectivity index (χ2n) is 7.21. The lowest BCUT2D eigenvalue weighted by Gasteiger charge is -2.10. The molecule has 152 valence electrons. The molecule has 0 saturated carbocycles. The number of nitrogens with zero attached hydrogens (tertiary/aromatic N) is 4. The van der Waals surface area contributed by atoms with E-state index in [4.69, 9.17) is 23.2 Å². The van der Waals surface area contributed by atoms with Crippen LogP contribution in [-0.2, 0) is 12.8 Å². The summed E-state index contributed by atoms with van der Waals surface area (Å²) in [6.07, 6.45) is 10.5. The minimum absolute atomic E-state index is 0.540. The van der Waals surface area contributed by atoms with Crippen LogP contribution in [0.5, 0.6) is 0 Å². The van der Waals surface area contributed by atoms with Crippen molar-refractivity contribution in [3.8, 4) is 11.5 Å². The van der Waals surface area contributed by atoms with Crippen LogP contribution in [0.1, 0.15) is 22.3 Å². The molecule has 5 rings (SSSR count). The topological polar surface area (TPSA) is 67.3 Å². The van der Waals surface area contributed by atoms with Crippen molar-refractivity contribution in [3.05, 3.63) is 106 Å².